The number of rotatable bonds is 16. The second-order valence-corrected chi connectivity index (χ2v) is 36.2. The molecule has 656 valence electrons. The first-order valence-corrected chi connectivity index (χ1v) is 47.6. The fraction of sp³-hybridized carbons (Fsp3) is 0. The molecular formula is C132H84N4O4. The van der Waals surface area contributed by atoms with Gasteiger partial charge in [-0.25, -0.2) is 0 Å². The lowest BCUT2D eigenvalue weighted by molar-refractivity contribution is 0.668. The van der Waals surface area contributed by atoms with Crippen LogP contribution in [0.5, 0.6) is 0 Å². The molecule has 0 unspecified atom stereocenters. The molecular weight excluding hydrogens is 1710 g/mol. The third-order valence-electron chi connectivity index (χ3n) is 28.1. The van der Waals surface area contributed by atoms with Crippen molar-refractivity contribution >= 4 is 165 Å². The number of hydrogen-bond donors (Lipinski definition) is 0. The van der Waals surface area contributed by atoms with Crippen LogP contribution in [-0.4, -0.2) is 9.13 Å². The lowest BCUT2D eigenvalue weighted by atomic mass is 9.98. The van der Waals surface area contributed by atoms with Gasteiger partial charge in [0.15, 0.2) is 0 Å². The van der Waals surface area contributed by atoms with Crippen LogP contribution in [0.2, 0.25) is 0 Å². The third-order valence-corrected chi connectivity index (χ3v) is 28.1. The summed E-state index contributed by atoms with van der Waals surface area (Å²) in [7, 11) is 0. The Labute approximate surface area is 806 Å². The fourth-order valence-electron chi connectivity index (χ4n) is 21.1. The summed E-state index contributed by atoms with van der Waals surface area (Å²) in [6, 6.07) is 182. The van der Waals surface area contributed by atoms with Crippen molar-refractivity contribution in [3.63, 3.8) is 0 Å². The molecule has 0 radical (unpaired) electrons. The summed E-state index contributed by atoms with van der Waals surface area (Å²) in [5.41, 5.74) is 39.0. The average molecular weight is 1790 g/mol. The largest absolute Gasteiger partial charge is 0.456 e. The molecule has 0 saturated heterocycles. The number of furan rings is 4. The van der Waals surface area contributed by atoms with Crippen LogP contribution in [0, 0.1) is 0 Å². The number of anilines is 6. The summed E-state index contributed by atoms with van der Waals surface area (Å²) >= 11 is 0. The van der Waals surface area contributed by atoms with Crippen molar-refractivity contribution in [2.24, 2.45) is 0 Å². The predicted molar refractivity (Wildman–Crippen MR) is 584 cm³/mol. The fourth-order valence-corrected chi connectivity index (χ4v) is 21.1. The molecule has 0 amide bonds. The molecule has 6 aromatic heterocycles. The van der Waals surface area contributed by atoms with Crippen LogP contribution in [0.4, 0.5) is 34.1 Å². The third kappa shape index (κ3) is 14.2. The smallest absolute Gasteiger partial charge is 0.143 e. The zero-order valence-corrected chi connectivity index (χ0v) is 75.9. The topological polar surface area (TPSA) is 68.9 Å². The molecule has 28 aromatic rings. The molecule has 0 saturated carbocycles. The van der Waals surface area contributed by atoms with Crippen molar-refractivity contribution in [3.8, 4) is 100 Å². The van der Waals surface area contributed by atoms with E-state index >= 15 is 0 Å². The summed E-state index contributed by atoms with van der Waals surface area (Å²) < 4.78 is 30.0. The Hall–Kier alpha value is -18.8. The normalized spacial score (nSPS) is 11.7. The standard InChI is InChI=1S/2C66H42N2O2/c1-2-11-50(12-3-1)68-61-18-7-4-13-55(61)60-41-48(32-40-62(60)68)45-23-21-43(22-24-45)44-25-33-51(34-26-44)67(52-35-27-46(28-36-52)49-31-39-58-56-14-5-8-19-63(56)69-65(58)42-49)53-37-29-47(30-38-53)54-16-10-17-59-57-15-6-9-20-64(57)70-66(54)59;1-2-10-51(11-3-1)68-61-15-7-4-12-55(61)60-40-48(30-39-62(60)68)45-20-18-43(19-21-45)44-22-31-52(32-23-44)67(53-33-24-46(25-34-53)49-28-37-58-56-13-5-8-16-63(56)69-65(58)41-49)54-35-26-47(27-36-54)50-29-38-59-57-14-6-9-17-64(57)70-66(59)42-50/h2*1-42H. The first kappa shape index (κ1) is 80.9. The van der Waals surface area contributed by atoms with Gasteiger partial charge in [-0.2, -0.15) is 0 Å². The number of para-hydroxylation sites is 9. The van der Waals surface area contributed by atoms with Crippen molar-refractivity contribution in [1.82, 2.24) is 9.13 Å². The minimum Gasteiger partial charge on any atom is -0.456 e. The van der Waals surface area contributed by atoms with Gasteiger partial charge < -0.3 is 36.6 Å². The monoisotopic (exact) mass is 1790 g/mol. The van der Waals surface area contributed by atoms with Gasteiger partial charge in [-0.1, -0.05) is 315 Å². The van der Waals surface area contributed by atoms with E-state index in [0.29, 0.717) is 0 Å². The highest BCUT2D eigenvalue weighted by Crippen LogP contribution is 2.47. The Kier molecular flexibility index (Phi) is 19.5. The molecule has 8 nitrogen and oxygen atoms in total. The quantitative estimate of drug-likeness (QED) is 0.0960. The summed E-state index contributed by atoms with van der Waals surface area (Å²) in [6.45, 7) is 0. The summed E-state index contributed by atoms with van der Waals surface area (Å²) in [5, 5.41) is 14.0. The first-order valence-electron chi connectivity index (χ1n) is 47.6. The van der Waals surface area contributed by atoms with E-state index in [2.05, 4.69) is 480 Å². The Morgan fingerprint density at radius 3 is 0.700 bits per heavy atom. The van der Waals surface area contributed by atoms with Crippen LogP contribution >= 0.6 is 0 Å². The highest BCUT2D eigenvalue weighted by atomic mass is 16.3. The summed E-state index contributed by atoms with van der Waals surface area (Å²) in [6.07, 6.45) is 0. The molecule has 0 aliphatic heterocycles. The van der Waals surface area contributed by atoms with Crippen molar-refractivity contribution in [1.29, 1.82) is 0 Å². The number of hydrogen-bond acceptors (Lipinski definition) is 6. The highest BCUT2D eigenvalue weighted by Gasteiger charge is 2.23. The molecule has 0 aliphatic carbocycles. The average Bonchev–Trinajstić information content (AvgIpc) is 1.58. The van der Waals surface area contributed by atoms with Crippen LogP contribution in [0.15, 0.2) is 527 Å². The Bertz CT molecular complexity index is 9470. The lowest BCUT2D eigenvalue weighted by Gasteiger charge is -2.26. The maximum atomic E-state index is 6.44. The Morgan fingerprint density at radius 2 is 0.364 bits per heavy atom. The maximum absolute atomic E-state index is 6.44. The van der Waals surface area contributed by atoms with Gasteiger partial charge in [-0.15, -0.1) is 0 Å². The minimum atomic E-state index is 0.891. The molecule has 6 heterocycles. The predicted octanol–water partition coefficient (Wildman–Crippen LogP) is 37.4. The van der Waals surface area contributed by atoms with E-state index in [-0.39, 0.29) is 0 Å². The van der Waals surface area contributed by atoms with E-state index in [1.54, 1.807) is 0 Å². The van der Waals surface area contributed by atoms with E-state index < -0.39 is 0 Å². The van der Waals surface area contributed by atoms with Gasteiger partial charge in [0.1, 0.15) is 44.7 Å². The molecule has 22 aromatic carbocycles. The van der Waals surface area contributed by atoms with Crippen molar-refractivity contribution < 1.29 is 17.7 Å². The molecule has 8 heteroatoms. The lowest BCUT2D eigenvalue weighted by Crippen LogP contribution is -2.09. The van der Waals surface area contributed by atoms with Gasteiger partial charge in [-0.3, -0.25) is 0 Å². The maximum Gasteiger partial charge on any atom is 0.143 e. The van der Waals surface area contributed by atoms with Crippen molar-refractivity contribution in [2.75, 3.05) is 9.80 Å². The molecule has 0 bridgehead atoms. The van der Waals surface area contributed by atoms with E-state index in [9.17, 15) is 0 Å². The molecule has 0 spiro atoms. The highest BCUT2D eigenvalue weighted by molar-refractivity contribution is 6.15. The molecule has 28 rings (SSSR count). The van der Waals surface area contributed by atoms with Gasteiger partial charge >= 0.3 is 0 Å². The van der Waals surface area contributed by atoms with Gasteiger partial charge in [0.05, 0.1) is 22.1 Å². The van der Waals surface area contributed by atoms with E-state index in [1.165, 1.54) is 77.0 Å². The van der Waals surface area contributed by atoms with Crippen LogP contribution < -0.4 is 9.80 Å². The molecule has 0 aliphatic rings. The zero-order valence-electron chi connectivity index (χ0n) is 75.9. The Balaban J connectivity index is 0.000000141. The first-order chi connectivity index (χ1) is 69.3. The second kappa shape index (κ2) is 33.7. The molecule has 0 atom stereocenters. The second-order valence-electron chi connectivity index (χ2n) is 36.2. The number of fused-ring (bicyclic) bond motifs is 18. The Morgan fingerprint density at radius 1 is 0.136 bits per heavy atom. The number of aromatic nitrogens is 2. The molecule has 0 fully saturated rings. The van der Waals surface area contributed by atoms with E-state index in [0.717, 1.165) is 189 Å². The summed E-state index contributed by atoms with van der Waals surface area (Å²) in [5.74, 6) is 0. The van der Waals surface area contributed by atoms with Gasteiger partial charge in [-0.05, 0) is 278 Å². The van der Waals surface area contributed by atoms with Crippen LogP contribution in [0.1, 0.15) is 0 Å². The van der Waals surface area contributed by atoms with Crippen molar-refractivity contribution in [2.45, 2.75) is 0 Å². The van der Waals surface area contributed by atoms with E-state index in [4.69, 9.17) is 17.7 Å². The number of nitrogens with zero attached hydrogens (tertiary/aromatic N) is 4. The molecule has 0 N–H and O–H groups in total. The van der Waals surface area contributed by atoms with Crippen molar-refractivity contribution in [3.05, 3.63) is 510 Å². The zero-order chi connectivity index (χ0) is 92.2. The minimum absolute atomic E-state index is 0.891. The summed E-state index contributed by atoms with van der Waals surface area (Å²) in [4.78, 5) is 4.66. The van der Waals surface area contributed by atoms with Gasteiger partial charge in [0, 0.05) is 116 Å². The molecule has 140 heavy (non-hydrogen) atoms. The van der Waals surface area contributed by atoms with Gasteiger partial charge in [0.2, 0.25) is 0 Å². The number of benzene rings is 22. The van der Waals surface area contributed by atoms with Crippen LogP contribution in [0.25, 0.3) is 232 Å². The van der Waals surface area contributed by atoms with Crippen LogP contribution in [0.3, 0.4) is 0 Å². The van der Waals surface area contributed by atoms with Gasteiger partial charge in [0.25, 0.3) is 0 Å². The van der Waals surface area contributed by atoms with E-state index in [1.807, 2.05) is 48.5 Å². The van der Waals surface area contributed by atoms with Crippen LogP contribution in [-0.2, 0) is 0 Å². The SMILES string of the molecule is c1ccc(-n2c3ccccc3c3cc(-c4ccc(-c5ccc(N(c6ccc(-c7ccc8c(c7)oc7ccccc78)cc6)c6ccc(-c7ccc8c(c7)oc7ccccc78)cc6)cc5)cc4)ccc32)cc1.c1ccc(-n2c3ccccc3c3cc(-c4ccc(-c5ccc(N(c6ccc(-c7ccc8c(c7)oc7ccccc78)cc6)c6ccc(-c7cccc8c7oc7ccccc78)cc6)cc5)cc4)ccc32)cc1.